The Labute approximate surface area is 293 Å². The molecule has 0 unspecified atom stereocenters. The van der Waals surface area contributed by atoms with E-state index in [4.69, 9.17) is 0 Å². The van der Waals surface area contributed by atoms with Gasteiger partial charge in [-0.1, -0.05) is 89.0 Å². The van der Waals surface area contributed by atoms with E-state index in [9.17, 15) is 0 Å². The lowest BCUT2D eigenvalue weighted by atomic mass is 10.0. The average Bonchev–Trinajstić information content (AvgIpc) is 3.49. The van der Waals surface area contributed by atoms with Crippen LogP contribution in [0.15, 0.2) is 158 Å². The van der Waals surface area contributed by atoms with E-state index in [1.165, 1.54) is 53.6 Å². The average molecular weight is 651 g/mol. The van der Waals surface area contributed by atoms with Crippen molar-refractivity contribution in [2.24, 2.45) is 0 Å². The molecule has 0 saturated heterocycles. The zero-order valence-electron chi connectivity index (χ0n) is 28.3. The molecule has 0 aliphatic rings. The number of benzene rings is 7. The summed E-state index contributed by atoms with van der Waals surface area (Å²) in [6.07, 6.45) is 0. The molecule has 2 nitrogen and oxygen atoms in total. The molecule has 0 aliphatic heterocycles. The van der Waals surface area contributed by atoms with Gasteiger partial charge < -0.3 is 9.80 Å². The van der Waals surface area contributed by atoms with Crippen molar-refractivity contribution in [1.82, 2.24) is 0 Å². The number of rotatable bonds is 7. The minimum Gasteiger partial charge on any atom is -0.311 e. The first-order chi connectivity index (χ1) is 23.9. The lowest BCUT2D eigenvalue weighted by Gasteiger charge is -2.26. The molecule has 0 saturated carbocycles. The molecular weight excluding hydrogens is 613 g/mol. The number of hydrogen-bond acceptors (Lipinski definition) is 3. The molecule has 0 spiro atoms. The van der Waals surface area contributed by atoms with Gasteiger partial charge in [0.05, 0.1) is 0 Å². The monoisotopic (exact) mass is 650 g/mol. The summed E-state index contributed by atoms with van der Waals surface area (Å²) in [6.45, 7) is 8.57. The predicted molar refractivity (Wildman–Crippen MR) is 213 cm³/mol. The van der Waals surface area contributed by atoms with Gasteiger partial charge in [-0.15, -0.1) is 11.3 Å². The molecule has 7 aromatic carbocycles. The molecular formula is C46H38N2S. The van der Waals surface area contributed by atoms with Gasteiger partial charge in [-0.3, -0.25) is 0 Å². The molecule has 0 fully saturated rings. The third-order valence-electron chi connectivity index (χ3n) is 9.33. The zero-order valence-corrected chi connectivity index (χ0v) is 29.1. The topological polar surface area (TPSA) is 6.48 Å². The second kappa shape index (κ2) is 12.8. The maximum atomic E-state index is 2.37. The number of anilines is 6. The fraction of sp³-hybridized carbons (Fsp3) is 0.0870. The SMILES string of the molecule is Cc1ccc(N(c2ccc(C)cc2)c2ccc(-c3ccc(N(c4ccc(C)cc4)c4ccc5sc6ccc(C)cc6c5c4)cc3)cc2)cc1. The number of thiophene rings is 1. The Balaban J connectivity index is 1.14. The van der Waals surface area contributed by atoms with Gasteiger partial charge in [-0.05, 0) is 130 Å². The van der Waals surface area contributed by atoms with Crippen LogP contribution >= 0.6 is 11.3 Å². The van der Waals surface area contributed by atoms with Crippen LogP contribution in [0.25, 0.3) is 31.3 Å². The van der Waals surface area contributed by atoms with Crippen LogP contribution in [0.4, 0.5) is 34.1 Å². The quantitative estimate of drug-likeness (QED) is 0.169. The molecule has 0 radical (unpaired) electrons. The third-order valence-corrected chi connectivity index (χ3v) is 10.5. The van der Waals surface area contributed by atoms with Crippen LogP contribution in [-0.2, 0) is 0 Å². The Kier molecular flexibility index (Phi) is 7.99. The standard InChI is InChI=1S/C46H38N2S/c1-31-5-16-37(17-6-31)47(38-18-7-32(2)8-19-38)40-22-12-35(13-23-40)36-14-24-41(25-15-36)48(39-20-9-33(3)10-21-39)42-26-28-46-44(30-42)43-29-34(4)11-27-45(43)49-46/h5-30H,1-4H3. The molecule has 49 heavy (non-hydrogen) atoms. The van der Waals surface area contributed by atoms with E-state index in [0.717, 1.165) is 34.1 Å². The van der Waals surface area contributed by atoms with Gasteiger partial charge in [0.1, 0.15) is 0 Å². The van der Waals surface area contributed by atoms with Crippen molar-refractivity contribution in [3.8, 4) is 11.1 Å². The first-order valence-corrected chi connectivity index (χ1v) is 17.6. The summed E-state index contributed by atoms with van der Waals surface area (Å²) in [7, 11) is 0. The largest absolute Gasteiger partial charge is 0.311 e. The van der Waals surface area contributed by atoms with E-state index in [0.29, 0.717) is 0 Å². The third kappa shape index (κ3) is 6.10. The highest BCUT2D eigenvalue weighted by atomic mass is 32.1. The summed E-state index contributed by atoms with van der Waals surface area (Å²) in [4.78, 5) is 4.69. The fourth-order valence-electron chi connectivity index (χ4n) is 6.60. The van der Waals surface area contributed by atoms with Gasteiger partial charge in [0, 0.05) is 54.3 Å². The zero-order chi connectivity index (χ0) is 33.5. The van der Waals surface area contributed by atoms with E-state index in [2.05, 4.69) is 195 Å². The van der Waals surface area contributed by atoms with Crippen molar-refractivity contribution in [1.29, 1.82) is 0 Å². The van der Waals surface area contributed by atoms with Crippen LogP contribution in [0.5, 0.6) is 0 Å². The Bertz CT molecular complexity index is 2340. The number of aryl methyl sites for hydroxylation is 4. The van der Waals surface area contributed by atoms with Crippen molar-refractivity contribution in [3.05, 3.63) is 180 Å². The van der Waals surface area contributed by atoms with Crippen LogP contribution < -0.4 is 9.80 Å². The van der Waals surface area contributed by atoms with Gasteiger partial charge in [-0.25, -0.2) is 0 Å². The van der Waals surface area contributed by atoms with Crippen LogP contribution in [0, 0.1) is 27.7 Å². The highest BCUT2D eigenvalue weighted by Gasteiger charge is 2.16. The van der Waals surface area contributed by atoms with Crippen molar-refractivity contribution in [2.45, 2.75) is 27.7 Å². The molecule has 3 heteroatoms. The van der Waals surface area contributed by atoms with Crippen molar-refractivity contribution >= 4 is 65.6 Å². The summed E-state index contributed by atoms with van der Waals surface area (Å²) in [5.74, 6) is 0. The minimum atomic E-state index is 1.13. The molecule has 8 aromatic rings. The second-order valence-electron chi connectivity index (χ2n) is 13.1. The summed E-state index contributed by atoms with van der Waals surface area (Å²) in [5.41, 5.74) is 14.3. The summed E-state index contributed by atoms with van der Waals surface area (Å²) < 4.78 is 2.64. The lowest BCUT2D eigenvalue weighted by Crippen LogP contribution is -2.10. The smallest absolute Gasteiger partial charge is 0.0468 e. The van der Waals surface area contributed by atoms with E-state index in [1.807, 2.05) is 11.3 Å². The van der Waals surface area contributed by atoms with E-state index in [1.54, 1.807) is 0 Å². The van der Waals surface area contributed by atoms with Crippen molar-refractivity contribution < 1.29 is 0 Å². The van der Waals surface area contributed by atoms with E-state index >= 15 is 0 Å². The Hall–Kier alpha value is -5.64. The van der Waals surface area contributed by atoms with Crippen LogP contribution in [0.2, 0.25) is 0 Å². The highest BCUT2D eigenvalue weighted by molar-refractivity contribution is 7.25. The summed E-state index contributed by atoms with van der Waals surface area (Å²) in [5, 5.41) is 2.63. The first-order valence-electron chi connectivity index (χ1n) is 16.8. The van der Waals surface area contributed by atoms with Gasteiger partial charge in [0.2, 0.25) is 0 Å². The lowest BCUT2D eigenvalue weighted by molar-refractivity contribution is 1.27. The number of fused-ring (bicyclic) bond motifs is 3. The fourth-order valence-corrected chi connectivity index (χ4v) is 7.67. The van der Waals surface area contributed by atoms with Crippen LogP contribution in [0.1, 0.15) is 22.3 Å². The Morgan fingerprint density at radius 1 is 0.306 bits per heavy atom. The van der Waals surface area contributed by atoms with E-state index < -0.39 is 0 Å². The molecule has 0 N–H and O–H groups in total. The molecule has 238 valence electrons. The van der Waals surface area contributed by atoms with Gasteiger partial charge in [-0.2, -0.15) is 0 Å². The molecule has 1 heterocycles. The van der Waals surface area contributed by atoms with Crippen molar-refractivity contribution in [3.63, 3.8) is 0 Å². The van der Waals surface area contributed by atoms with Gasteiger partial charge in [0.25, 0.3) is 0 Å². The first kappa shape index (κ1) is 30.7. The molecule has 8 rings (SSSR count). The van der Waals surface area contributed by atoms with Crippen molar-refractivity contribution in [2.75, 3.05) is 9.80 Å². The van der Waals surface area contributed by atoms with Crippen LogP contribution in [0.3, 0.4) is 0 Å². The maximum Gasteiger partial charge on any atom is 0.0468 e. The van der Waals surface area contributed by atoms with E-state index in [-0.39, 0.29) is 0 Å². The molecule has 1 aromatic heterocycles. The summed E-state index contributed by atoms with van der Waals surface area (Å²) in [6, 6.07) is 57.8. The van der Waals surface area contributed by atoms with Gasteiger partial charge in [0.15, 0.2) is 0 Å². The molecule has 0 atom stereocenters. The number of nitrogens with zero attached hydrogens (tertiary/aromatic N) is 2. The Morgan fingerprint density at radius 3 is 1.04 bits per heavy atom. The maximum absolute atomic E-state index is 2.37. The molecule has 0 amide bonds. The summed E-state index contributed by atoms with van der Waals surface area (Å²) >= 11 is 1.86. The normalized spacial score (nSPS) is 11.3. The second-order valence-corrected chi connectivity index (χ2v) is 14.1. The highest BCUT2D eigenvalue weighted by Crippen LogP contribution is 2.42. The number of hydrogen-bond donors (Lipinski definition) is 0. The minimum absolute atomic E-state index is 1.13. The molecule has 0 aliphatic carbocycles. The van der Waals surface area contributed by atoms with Crippen LogP contribution in [-0.4, -0.2) is 0 Å². The van der Waals surface area contributed by atoms with Gasteiger partial charge >= 0.3 is 0 Å². The predicted octanol–water partition coefficient (Wildman–Crippen LogP) is 13.9. The Morgan fingerprint density at radius 2 is 0.612 bits per heavy atom. The molecule has 0 bridgehead atoms.